The van der Waals surface area contributed by atoms with E-state index in [1.165, 1.54) is 6.20 Å². The highest BCUT2D eigenvalue weighted by atomic mass is 79.9. The zero-order chi connectivity index (χ0) is 14.8. The van der Waals surface area contributed by atoms with Crippen LogP contribution in [0.15, 0.2) is 27.8 Å². The Morgan fingerprint density at radius 2 is 2.19 bits per heavy atom. The van der Waals surface area contributed by atoms with Crippen LogP contribution in [0.4, 0.5) is 0 Å². The van der Waals surface area contributed by atoms with Crippen molar-refractivity contribution in [3.8, 4) is 0 Å². The quantitative estimate of drug-likeness (QED) is 0.816. The predicted molar refractivity (Wildman–Crippen MR) is 88.9 cm³/mol. The molecule has 0 amide bonds. The molecule has 0 spiro atoms. The van der Waals surface area contributed by atoms with Crippen molar-refractivity contribution in [1.82, 2.24) is 9.71 Å². The van der Waals surface area contributed by atoms with Crippen molar-refractivity contribution in [2.45, 2.75) is 43.0 Å². The summed E-state index contributed by atoms with van der Waals surface area (Å²) in [5.74, 6) is 0.233. The van der Waals surface area contributed by atoms with Crippen molar-refractivity contribution in [2.75, 3.05) is 6.54 Å². The van der Waals surface area contributed by atoms with E-state index in [2.05, 4.69) is 32.6 Å². The minimum Gasteiger partial charge on any atom is -0.329 e. The summed E-state index contributed by atoms with van der Waals surface area (Å²) < 4.78 is 28.5. The fourth-order valence-electron chi connectivity index (χ4n) is 2.78. The first-order valence-corrected chi connectivity index (χ1v) is 9.02. The third-order valence-electron chi connectivity index (χ3n) is 4.15. The van der Waals surface area contributed by atoms with E-state index in [0.29, 0.717) is 11.0 Å². The lowest BCUT2D eigenvalue weighted by Crippen LogP contribution is -2.58. The number of nitrogens with zero attached hydrogens (tertiary/aromatic N) is 1. The molecule has 2 rings (SSSR count). The highest BCUT2D eigenvalue weighted by molar-refractivity contribution is 9.10. The van der Waals surface area contributed by atoms with Crippen molar-refractivity contribution >= 4 is 38.4 Å². The van der Waals surface area contributed by atoms with E-state index in [0.717, 1.165) is 25.7 Å². The largest absolute Gasteiger partial charge is 0.329 e. The second-order valence-electron chi connectivity index (χ2n) is 5.45. The van der Waals surface area contributed by atoms with Crippen molar-refractivity contribution < 1.29 is 8.42 Å². The summed E-state index contributed by atoms with van der Waals surface area (Å²) in [4.78, 5) is 4.08. The maximum absolute atomic E-state index is 12.5. The summed E-state index contributed by atoms with van der Waals surface area (Å²) in [7, 11) is -3.61. The summed E-state index contributed by atoms with van der Waals surface area (Å²) in [6.45, 7) is 2.38. The van der Waals surface area contributed by atoms with Gasteiger partial charge in [0.2, 0.25) is 10.0 Å². The number of pyridine rings is 1. The van der Waals surface area contributed by atoms with Crippen LogP contribution in [0.1, 0.15) is 32.6 Å². The molecule has 0 radical (unpaired) electrons. The minimum absolute atomic E-state index is 0. The molecule has 1 aromatic heterocycles. The van der Waals surface area contributed by atoms with E-state index in [1.54, 1.807) is 12.3 Å². The Balaban J connectivity index is 0.00000220. The molecule has 1 saturated carbocycles. The van der Waals surface area contributed by atoms with E-state index < -0.39 is 15.6 Å². The second kappa shape index (κ2) is 7.37. The average molecular weight is 399 g/mol. The van der Waals surface area contributed by atoms with Gasteiger partial charge < -0.3 is 5.73 Å². The van der Waals surface area contributed by atoms with Crippen molar-refractivity contribution in [3.05, 3.63) is 22.9 Å². The zero-order valence-electron chi connectivity index (χ0n) is 11.9. The molecule has 2 atom stereocenters. The van der Waals surface area contributed by atoms with E-state index in [-0.39, 0.29) is 23.2 Å². The lowest BCUT2D eigenvalue weighted by Gasteiger charge is -2.42. The summed E-state index contributed by atoms with van der Waals surface area (Å²) in [5.41, 5.74) is 5.35. The van der Waals surface area contributed by atoms with Gasteiger partial charge in [-0.1, -0.05) is 19.8 Å². The number of hydrogen-bond donors (Lipinski definition) is 2. The average Bonchev–Trinajstić information content (AvgIpc) is 2.41. The second-order valence-corrected chi connectivity index (χ2v) is 8.05. The topological polar surface area (TPSA) is 85.1 Å². The smallest absolute Gasteiger partial charge is 0.242 e. The zero-order valence-corrected chi connectivity index (χ0v) is 15.1. The molecule has 5 nitrogen and oxygen atoms in total. The molecule has 0 aromatic carbocycles. The highest BCUT2D eigenvalue weighted by Crippen LogP contribution is 2.34. The number of rotatable bonds is 4. The third kappa shape index (κ3) is 4.16. The molecule has 1 heterocycles. The normalized spacial score (nSPS) is 26.1. The molecule has 1 aromatic rings. The molecule has 8 heteroatoms. The van der Waals surface area contributed by atoms with Crippen molar-refractivity contribution in [2.24, 2.45) is 11.7 Å². The van der Waals surface area contributed by atoms with Crippen molar-refractivity contribution in [3.63, 3.8) is 0 Å². The number of hydrogen-bond acceptors (Lipinski definition) is 4. The molecular weight excluding hydrogens is 378 g/mol. The monoisotopic (exact) mass is 397 g/mol. The number of aromatic nitrogens is 1. The van der Waals surface area contributed by atoms with Crippen LogP contribution >= 0.6 is 28.3 Å². The highest BCUT2D eigenvalue weighted by Gasteiger charge is 2.40. The van der Waals surface area contributed by atoms with Gasteiger partial charge in [-0.05, 0) is 40.8 Å². The molecule has 0 aliphatic heterocycles. The van der Waals surface area contributed by atoms with Crippen LogP contribution in [-0.2, 0) is 10.0 Å². The number of nitrogens with one attached hydrogen (secondary N) is 1. The van der Waals surface area contributed by atoms with E-state index in [9.17, 15) is 8.42 Å². The van der Waals surface area contributed by atoms with Gasteiger partial charge in [0, 0.05) is 29.0 Å². The molecule has 21 heavy (non-hydrogen) atoms. The Hall–Kier alpha value is -0.210. The molecule has 1 aliphatic carbocycles. The van der Waals surface area contributed by atoms with Crippen LogP contribution < -0.4 is 10.5 Å². The summed E-state index contributed by atoms with van der Waals surface area (Å²) in [6, 6.07) is 1.55. The van der Waals surface area contributed by atoms with Crippen LogP contribution in [0.25, 0.3) is 0 Å². The lowest BCUT2D eigenvalue weighted by molar-refractivity contribution is 0.191. The Morgan fingerprint density at radius 3 is 2.76 bits per heavy atom. The Morgan fingerprint density at radius 1 is 1.48 bits per heavy atom. The summed E-state index contributed by atoms with van der Waals surface area (Å²) >= 11 is 3.24. The standard InChI is InChI=1S/C13H20BrN3O2S.ClH/c1-10-4-2-3-5-13(10,9-15)17-20(18,19)12-6-11(14)7-16-8-12;/h6-8,10,17H,2-5,9,15H2,1H3;1H. The predicted octanol–water partition coefficient (Wildman–Crippen LogP) is 2.45. The van der Waals surface area contributed by atoms with Gasteiger partial charge in [0.1, 0.15) is 4.90 Å². The molecule has 0 saturated heterocycles. The molecule has 0 bridgehead atoms. The molecule has 1 aliphatic rings. The third-order valence-corrected chi connectivity index (χ3v) is 6.10. The SMILES string of the molecule is CC1CCCCC1(CN)NS(=O)(=O)c1cncc(Br)c1.Cl. The first-order chi connectivity index (χ1) is 9.39. The number of sulfonamides is 1. The Bertz CT molecular complexity index is 585. The Labute approximate surface area is 140 Å². The van der Waals surface area contributed by atoms with Gasteiger partial charge in [0.05, 0.1) is 0 Å². The van der Waals surface area contributed by atoms with Gasteiger partial charge in [0.15, 0.2) is 0 Å². The fourth-order valence-corrected chi connectivity index (χ4v) is 4.81. The maximum atomic E-state index is 12.5. The molecule has 1 fully saturated rings. The van der Waals surface area contributed by atoms with Gasteiger partial charge >= 0.3 is 0 Å². The lowest BCUT2D eigenvalue weighted by atomic mass is 9.74. The van der Waals surface area contributed by atoms with E-state index in [1.807, 2.05) is 0 Å². The summed E-state index contributed by atoms with van der Waals surface area (Å²) in [5, 5.41) is 0. The van der Waals surface area contributed by atoms with E-state index >= 15 is 0 Å². The van der Waals surface area contributed by atoms with Crippen LogP contribution in [0.2, 0.25) is 0 Å². The van der Waals surface area contributed by atoms with Crippen LogP contribution in [0, 0.1) is 5.92 Å². The molecule has 2 unspecified atom stereocenters. The first kappa shape index (κ1) is 18.8. The molecule has 3 N–H and O–H groups in total. The van der Waals surface area contributed by atoms with Gasteiger partial charge in [0.25, 0.3) is 0 Å². The summed E-state index contributed by atoms with van der Waals surface area (Å²) in [6.07, 6.45) is 6.82. The number of nitrogens with two attached hydrogens (primary N) is 1. The van der Waals surface area contributed by atoms with Gasteiger partial charge in [-0.15, -0.1) is 12.4 Å². The Kier molecular flexibility index (Phi) is 6.61. The van der Waals surface area contributed by atoms with Crippen LogP contribution in [0.3, 0.4) is 0 Å². The minimum atomic E-state index is -3.61. The number of halogens is 2. The van der Waals surface area contributed by atoms with Crippen molar-refractivity contribution in [1.29, 1.82) is 0 Å². The fraction of sp³-hybridized carbons (Fsp3) is 0.615. The van der Waals surface area contributed by atoms with Gasteiger partial charge in [-0.25, -0.2) is 13.1 Å². The van der Waals surface area contributed by atoms with Crippen LogP contribution in [-0.4, -0.2) is 25.5 Å². The molecule has 120 valence electrons. The van der Waals surface area contributed by atoms with Gasteiger partial charge in [-0.2, -0.15) is 0 Å². The van der Waals surface area contributed by atoms with E-state index in [4.69, 9.17) is 5.73 Å². The maximum Gasteiger partial charge on any atom is 0.242 e. The van der Waals surface area contributed by atoms with Crippen LogP contribution in [0.5, 0.6) is 0 Å². The molecular formula is C13H21BrClN3O2S. The van der Waals surface area contributed by atoms with Gasteiger partial charge in [-0.3, -0.25) is 4.98 Å². The first-order valence-electron chi connectivity index (χ1n) is 6.74.